The number of carbonyl (C=O) groups is 1. The Kier molecular flexibility index (Phi) is 6.91. The number of benzene rings is 3. The monoisotopic (exact) mass is 450 g/mol. The highest BCUT2D eigenvalue weighted by molar-refractivity contribution is 7.99. The Balaban J connectivity index is 1.45. The maximum absolute atomic E-state index is 13.4. The van der Waals surface area contributed by atoms with Gasteiger partial charge in [0.05, 0.1) is 5.75 Å². The normalized spacial score (nSPS) is 10.8. The molecule has 0 spiro atoms. The molecule has 32 heavy (non-hydrogen) atoms. The van der Waals surface area contributed by atoms with Gasteiger partial charge in [-0.1, -0.05) is 42.1 Å². The lowest BCUT2D eigenvalue weighted by atomic mass is 10.1. The van der Waals surface area contributed by atoms with Gasteiger partial charge < -0.3 is 5.32 Å². The van der Waals surface area contributed by atoms with Crippen molar-refractivity contribution >= 4 is 17.7 Å². The average molecular weight is 451 g/mol. The maximum Gasteiger partial charge on any atom is 0.230 e. The van der Waals surface area contributed by atoms with Crippen LogP contribution in [0.2, 0.25) is 0 Å². The SMILES string of the molecule is O=C(CSc1nnc(-c2ccc(F)cc2)n1-c1ccccc1)NCCc1cccc(F)c1. The molecule has 3 aromatic carbocycles. The molecule has 0 bridgehead atoms. The molecule has 0 aliphatic rings. The van der Waals surface area contributed by atoms with Crippen LogP contribution in [0.5, 0.6) is 0 Å². The minimum Gasteiger partial charge on any atom is -0.355 e. The molecule has 0 fully saturated rings. The Morgan fingerprint density at radius 3 is 2.44 bits per heavy atom. The lowest BCUT2D eigenvalue weighted by Gasteiger charge is -2.10. The number of nitrogens with zero attached hydrogens (tertiary/aromatic N) is 3. The Hall–Kier alpha value is -3.52. The van der Waals surface area contributed by atoms with Crippen molar-refractivity contribution in [3.8, 4) is 17.1 Å². The van der Waals surface area contributed by atoms with Crippen LogP contribution in [0.3, 0.4) is 0 Å². The van der Waals surface area contributed by atoms with E-state index in [9.17, 15) is 13.6 Å². The molecule has 0 saturated carbocycles. The fourth-order valence-corrected chi connectivity index (χ4v) is 3.96. The highest BCUT2D eigenvalue weighted by Gasteiger charge is 2.17. The first kappa shape index (κ1) is 21.7. The van der Waals surface area contributed by atoms with E-state index in [1.54, 1.807) is 18.2 Å². The summed E-state index contributed by atoms with van der Waals surface area (Å²) in [7, 11) is 0. The standard InChI is InChI=1S/C24H20F2N4OS/c25-19-11-9-18(10-12-19)23-28-29-24(30(23)21-7-2-1-3-8-21)32-16-22(31)27-14-13-17-5-4-6-20(26)15-17/h1-12,15H,13-14,16H2,(H,27,31). The summed E-state index contributed by atoms with van der Waals surface area (Å²) in [5, 5.41) is 11.9. The minimum atomic E-state index is -0.330. The molecule has 0 radical (unpaired) electrons. The predicted octanol–water partition coefficient (Wildman–Crippen LogP) is 4.66. The molecule has 0 aliphatic heterocycles. The third-order valence-corrected chi connectivity index (χ3v) is 5.64. The summed E-state index contributed by atoms with van der Waals surface area (Å²) in [5.41, 5.74) is 2.38. The summed E-state index contributed by atoms with van der Waals surface area (Å²) < 4.78 is 28.5. The number of hydrogen-bond donors (Lipinski definition) is 1. The van der Waals surface area contributed by atoms with E-state index in [0.29, 0.717) is 29.5 Å². The van der Waals surface area contributed by atoms with E-state index >= 15 is 0 Å². The van der Waals surface area contributed by atoms with E-state index in [1.807, 2.05) is 41.0 Å². The Labute approximate surface area is 188 Å². The van der Waals surface area contributed by atoms with Crippen LogP contribution in [0.1, 0.15) is 5.56 Å². The Bertz CT molecular complexity index is 1200. The molecule has 0 unspecified atom stereocenters. The van der Waals surface area contributed by atoms with Gasteiger partial charge >= 0.3 is 0 Å². The molecule has 4 rings (SSSR count). The highest BCUT2D eigenvalue weighted by atomic mass is 32.2. The quantitative estimate of drug-likeness (QED) is 0.397. The highest BCUT2D eigenvalue weighted by Crippen LogP contribution is 2.28. The number of para-hydroxylation sites is 1. The second kappa shape index (κ2) is 10.2. The first-order chi connectivity index (χ1) is 15.6. The molecule has 0 aliphatic carbocycles. The molecule has 1 amide bonds. The van der Waals surface area contributed by atoms with Crippen LogP contribution in [0.4, 0.5) is 8.78 Å². The zero-order chi connectivity index (χ0) is 22.3. The van der Waals surface area contributed by atoms with Crippen molar-refractivity contribution in [1.29, 1.82) is 0 Å². The van der Waals surface area contributed by atoms with E-state index in [0.717, 1.165) is 11.3 Å². The summed E-state index contributed by atoms with van der Waals surface area (Å²) in [5.74, 6) is -0.0643. The third-order valence-electron chi connectivity index (χ3n) is 4.71. The van der Waals surface area contributed by atoms with Crippen LogP contribution >= 0.6 is 11.8 Å². The summed E-state index contributed by atoms with van der Waals surface area (Å²) in [6, 6.07) is 21.9. The molecule has 1 heterocycles. The molecule has 1 N–H and O–H groups in total. The topological polar surface area (TPSA) is 59.8 Å². The third kappa shape index (κ3) is 5.39. The molecular weight excluding hydrogens is 430 g/mol. The van der Waals surface area contributed by atoms with Crippen molar-refractivity contribution in [3.63, 3.8) is 0 Å². The fraction of sp³-hybridized carbons (Fsp3) is 0.125. The van der Waals surface area contributed by atoms with Gasteiger partial charge in [-0.2, -0.15) is 0 Å². The van der Waals surface area contributed by atoms with E-state index < -0.39 is 0 Å². The zero-order valence-corrected chi connectivity index (χ0v) is 17.9. The van der Waals surface area contributed by atoms with Crippen LogP contribution < -0.4 is 5.32 Å². The van der Waals surface area contributed by atoms with Crippen molar-refractivity contribution in [1.82, 2.24) is 20.1 Å². The fourth-order valence-electron chi connectivity index (χ4n) is 3.18. The zero-order valence-electron chi connectivity index (χ0n) is 17.0. The number of carbonyl (C=O) groups excluding carboxylic acids is 1. The van der Waals surface area contributed by atoms with E-state index in [-0.39, 0.29) is 23.3 Å². The Morgan fingerprint density at radius 1 is 0.906 bits per heavy atom. The van der Waals surface area contributed by atoms with Gasteiger partial charge in [0.25, 0.3) is 0 Å². The molecule has 1 aromatic heterocycles. The van der Waals surface area contributed by atoms with Gasteiger partial charge in [-0.05, 0) is 60.5 Å². The van der Waals surface area contributed by atoms with E-state index in [4.69, 9.17) is 0 Å². The van der Waals surface area contributed by atoms with E-state index in [2.05, 4.69) is 15.5 Å². The van der Waals surface area contributed by atoms with Gasteiger partial charge in [0.15, 0.2) is 11.0 Å². The van der Waals surface area contributed by atoms with Gasteiger partial charge in [-0.25, -0.2) is 8.78 Å². The van der Waals surface area contributed by atoms with Gasteiger partial charge in [0.2, 0.25) is 5.91 Å². The summed E-state index contributed by atoms with van der Waals surface area (Å²) in [6.07, 6.45) is 0.545. The van der Waals surface area contributed by atoms with Gasteiger partial charge in [0.1, 0.15) is 11.6 Å². The second-order valence-electron chi connectivity index (χ2n) is 7.00. The number of nitrogens with one attached hydrogen (secondary N) is 1. The first-order valence-electron chi connectivity index (χ1n) is 10.0. The number of aromatic nitrogens is 3. The van der Waals surface area contributed by atoms with Crippen LogP contribution in [0.25, 0.3) is 17.1 Å². The van der Waals surface area contributed by atoms with Crippen LogP contribution in [-0.2, 0) is 11.2 Å². The number of hydrogen-bond acceptors (Lipinski definition) is 4. The molecule has 0 atom stereocenters. The van der Waals surface area contributed by atoms with Gasteiger partial charge in [0, 0.05) is 17.8 Å². The first-order valence-corrected chi connectivity index (χ1v) is 11.0. The minimum absolute atomic E-state index is 0.150. The summed E-state index contributed by atoms with van der Waals surface area (Å²) >= 11 is 1.26. The van der Waals surface area contributed by atoms with Crippen molar-refractivity contribution in [2.24, 2.45) is 0 Å². The molecule has 8 heteroatoms. The summed E-state index contributed by atoms with van der Waals surface area (Å²) in [4.78, 5) is 12.3. The molecule has 0 saturated heterocycles. The van der Waals surface area contributed by atoms with Crippen molar-refractivity contribution < 1.29 is 13.6 Å². The van der Waals surface area contributed by atoms with Crippen molar-refractivity contribution in [2.45, 2.75) is 11.6 Å². The average Bonchev–Trinajstić information content (AvgIpc) is 3.23. The molecule has 162 valence electrons. The molecule has 4 aromatic rings. The molecule has 5 nitrogen and oxygen atoms in total. The van der Waals surface area contributed by atoms with Crippen LogP contribution in [0.15, 0.2) is 84.0 Å². The van der Waals surface area contributed by atoms with Crippen molar-refractivity contribution in [3.05, 3.63) is 96.1 Å². The van der Waals surface area contributed by atoms with Crippen LogP contribution in [0, 0.1) is 11.6 Å². The Morgan fingerprint density at radius 2 is 1.69 bits per heavy atom. The number of rotatable bonds is 8. The number of thioether (sulfide) groups is 1. The lowest BCUT2D eigenvalue weighted by molar-refractivity contribution is -0.118. The second-order valence-corrected chi connectivity index (χ2v) is 7.95. The van der Waals surface area contributed by atoms with Crippen molar-refractivity contribution in [2.75, 3.05) is 12.3 Å². The predicted molar refractivity (Wildman–Crippen MR) is 121 cm³/mol. The lowest BCUT2D eigenvalue weighted by Crippen LogP contribution is -2.27. The summed E-state index contributed by atoms with van der Waals surface area (Å²) in [6.45, 7) is 0.412. The van der Waals surface area contributed by atoms with E-state index in [1.165, 1.54) is 36.0 Å². The molecular formula is C24H20F2N4OS. The maximum atomic E-state index is 13.4. The number of halogens is 2. The largest absolute Gasteiger partial charge is 0.355 e. The van der Waals surface area contributed by atoms with Crippen LogP contribution in [-0.4, -0.2) is 33.0 Å². The van der Waals surface area contributed by atoms with Gasteiger partial charge in [-0.3, -0.25) is 9.36 Å². The smallest absolute Gasteiger partial charge is 0.230 e. The number of amides is 1. The van der Waals surface area contributed by atoms with Gasteiger partial charge in [-0.15, -0.1) is 10.2 Å².